The number of amides is 1. The van der Waals surface area contributed by atoms with Gasteiger partial charge in [0.25, 0.3) is 0 Å². The smallest absolute Gasteiger partial charge is 0.229 e. The highest BCUT2D eigenvalue weighted by atomic mass is 16.4. The van der Waals surface area contributed by atoms with Crippen LogP contribution in [-0.4, -0.2) is 23.0 Å². The van der Waals surface area contributed by atoms with Crippen molar-refractivity contribution in [1.29, 1.82) is 0 Å². The number of aromatic nitrogens is 1. The molecule has 0 saturated heterocycles. The van der Waals surface area contributed by atoms with Crippen LogP contribution in [0, 0.1) is 13.8 Å². The van der Waals surface area contributed by atoms with Gasteiger partial charge in [-0.1, -0.05) is 0 Å². The Bertz CT molecular complexity index is 363. The topological polar surface area (TPSA) is 81.2 Å². The van der Waals surface area contributed by atoms with Gasteiger partial charge in [-0.15, -0.1) is 0 Å². The minimum absolute atomic E-state index is 0.128. The van der Waals surface area contributed by atoms with E-state index in [2.05, 4.69) is 10.3 Å². The first-order valence-corrected chi connectivity index (χ1v) is 5.28. The number of carbonyl (C=O) groups is 1. The Labute approximate surface area is 95.4 Å². The standard InChI is InChI=1S/C11H19N3O2/c1-7-8(2)16-10(13-7)5-9(15)14-11(3,4)6-12/h5-6,12H2,1-4H3,(H,14,15). The fourth-order valence-corrected chi connectivity index (χ4v) is 1.22. The monoisotopic (exact) mass is 225 g/mol. The van der Waals surface area contributed by atoms with E-state index in [9.17, 15) is 4.79 Å². The lowest BCUT2D eigenvalue weighted by molar-refractivity contribution is -0.122. The highest BCUT2D eigenvalue weighted by Gasteiger charge is 2.19. The zero-order valence-corrected chi connectivity index (χ0v) is 10.3. The molecule has 1 heterocycles. The molecule has 0 aromatic carbocycles. The highest BCUT2D eigenvalue weighted by molar-refractivity contribution is 5.78. The van der Waals surface area contributed by atoms with Crippen LogP contribution < -0.4 is 11.1 Å². The van der Waals surface area contributed by atoms with Crippen molar-refractivity contribution in [2.24, 2.45) is 5.73 Å². The molecule has 90 valence electrons. The largest absolute Gasteiger partial charge is 0.445 e. The van der Waals surface area contributed by atoms with Gasteiger partial charge >= 0.3 is 0 Å². The molecule has 1 aromatic rings. The Morgan fingerprint density at radius 2 is 2.12 bits per heavy atom. The van der Waals surface area contributed by atoms with E-state index < -0.39 is 5.54 Å². The molecule has 3 N–H and O–H groups in total. The average Bonchev–Trinajstić information content (AvgIpc) is 2.44. The lowest BCUT2D eigenvalue weighted by Gasteiger charge is -2.23. The van der Waals surface area contributed by atoms with Crippen LogP contribution in [0.25, 0.3) is 0 Å². The number of hydrogen-bond donors (Lipinski definition) is 2. The first kappa shape index (κ1) is 12.7. The highest BCUT2D eigenvalue weighted by Crippen LogP contribution is 2.09. The number of aryl methyl sites for hydroxylation is 2. The van der Waals surface area contributed by atoms with Crippen molar-refractivity contribution in [2.45, 2.75) is 39.7 Å². The normalized spacial score (nSPS) is 11.6. The van der Waals surface area contributed by atoms with Gasteiger partial charge in [0.05, 0.1) is 5.69 Å². The van der Waals surface area contributed by atoms with Gasteiger partial charge in [0, 0.05) is 12.1 Å². The van der Waals surface area contributed by atoms with E-state index in [4.69, 9.17) is 10.2 Å². The second-order valence-electron chi connectivity index (χ2n) is 4.56. The molecule has 1 rings (SSSR count). The number of nitrogens with zero attached hydrogens (tertiary/aromatic N) is 1. The third-order valence-electron chi connectivity index (χ3n) is 2.37. The molecule has 0 saturated carbocycles. The van der Waals surface area contributed by atoms with Gasteiger partial charge in [-0.3, -0.25) is 4.79 Å². The first-order valence-electron chi connectivity index (χ1n) is 5.28. The van der Waals surface area contributed by atoms with Crippen molar-refractivity contribution >= 4 is 5.91 Å². The second kappa shape index (κ2) is 4.65. The van der Waals surface area contributed by atoms with Gasteiger partial charge in [-0.25, -0.2) is 4.98 Å². The van der Waals surface area contributed by atoms with Crippen LogP contribution in [0.4, 0.5) is 0 Å². The summed E-state index contributed by atoms with van der Waals surface area (Å²) in [6.07, 6.45) is 0.151. The molecule has 0 aliphatic carbocycles. The maximum Gasteiger partial charge on any atom is 0.229 e. The third-order valence-corrected chi connectivity index (χ3v) is 2.37. The van der Waals surface area contributed by atoms with Crippen molar-refractivity contribution in [3.05, 3.63) is 17.3 Å². The Morgan fingerprint density at radius 3 is 2.56 bits per heavy atom. The fraction of sp³-hybridized carbons (Fsp3) is 0.636. The molecule has 0 spiro atoms. The molecule has 0 aliphatic heterocycles. The number of carbonyl (C=O) groups excluding carboxylic acids is 1. The maximum absolute atomic E-state index is 11.6. The van der Waals surface area contributed by atoms with Crippen LogP contribution >= 0.6 is 0 Å². The minimum atomic E-state index is -0.395. The van der Waals surface area contributed by atoms with Crippen molar-refractivity contribution in [1.82, 2.24) is 10.3 Å². The van der Waals surface area contributed by atoms with Crippen LogP contribution in [0.2, 0.25) is 0 Å². The van der Waals surface area contributed by atoms with Crippen LogP contribution in [0.15, 0.2) is 4.42 Å². The van der Waals surface area contributed by atoms with E-state index >= 15 is 0 Å². The van der Waals surface area contributed by atoms with Gasteiger partial charge < -0.3 is 15.5 Å². The second-order valence-corrected chi connectivity index (χ2v) is 4.56. The summed E-state index contributed by atoms with van der Waals surface area (Å²) in [6.45, 7) is 7.81. The summed E-state index contributed by atoms with van der Waals surface area (Å²) in [5.41, 5.74) is 5.95. The van der Waals surface area contributed by atoms with Crippen LogP contribution in [0.1, 0.15) is 31.2 Å². The van der Waals surface area contributed by atoms with E-state index in [0.29, 0.717) is 12.4 Å². The van der Waals surface area contributed by atoms with Crippen LogP contribution in [-0.2, 0) is 11.2 Å². The number of nitrogens with one attached hydrogen (secondary N) is 1. The molecule has 0 bridgehead atoms. The lowest BCUT2D eigenvalue weighted by Crippen LogP contribution is -2.49. The van der Waals surface area contributed by atoms with Gasteiger partial charge in [0.2, 0.25) is 11.8 Å². The maximum atomic E-state index is 11.6. The molecule has 0 aliphatic rings. The fourth-order valence-electron chi connectivity index (χ4n) is 1.22. The number of oxazole rings is 1. The Hall–Kier alpha value is -1.36. The van der Waals surface area contributed by atoms with Crippen molar-refractivity contribution < 1.29 is 9.21 Å². The average molecular weight is 225 g/mol. The molecule has 0 unspecified atom stereocenters. The molecule has 0 radical (unpaired) electrons. The predicted molar refractivity (Wildman–Crippen MR) is 61.0 cm³/mol. The zero-order chi connectivity index (χ0) is 12.3. The Morgan fingerprint density at radius 1 is 1.50 bits per heavy atom. The van der Waals surface area contributed by atoms with E-state index in [0.717, 1.165) is 11.5 Å². The zero-order valence-electron chi connectivity index (χ0n) is 10.3. The minimum Gasteiger partial charge on any atom is -0.445 e. The molecule has 0 atom stereocenters. The van der Waals surface area contributed by atoms with Crippen molar-refractivity contribution in [2.75, 3.05) is 6.54 Å². The molecule has 5 nitrogen and oxygen atoms in total. The van der Waals surface area contributed by atoms with E-state index in [1.54, 1.807) is 0 Å². The summed E-state index contributed by atoms with van der Waals surface area (Å²) in [4.78, 5) is 15.8. The quantitative estimate of drug-likeness (QED) is 0.789. The first-order chi connectivity index (χ1) is 7.34. The molecular formula is C11H19N3O2. The molecule has 16 heavy (non-hydrogen) atoms. The summed E-state index contributed by atoms with van der Waals surface area (Å²) in [6, 6.07) is 0. The van der Waals surface area contributed by atoms with Gasteiger partial charge in [-0.2, -0.15) is 0 Å². The summed E-state index contributed by atoms with van der Waals surface area (Å²) in [5.74, 6) is 1.07. The molecule has 1 aromatic heterocycles. The van der Waals surface area contributed by atoms with E-state index in [1.165, 1.54) is 0 Å². The lowest BCUT2D eigenvalue weighted by atomic mass is 10.1. The van der Waals surface area contributed by atoms with Crippen LogP contribution in [0.3, 0.4) is 0 Å². The van der Waals surface area contributed by atoms with Crippen molar-refractivity contribution in [3.8, 4) is 0 Å². The third kappa shape index (κ3) is 3.34. The van der Waals surface area contributed by atoms with Gasteiger partial charge in [0.1, 0.15) is 12.2 Å². The molecule has 5 heteroatoms. The summed E-state index contributed by atoms with van der Waals surface area (Å²) >= 11 is 0. The van der Waals surface area contributed by atoms with E-state index in [-0.39, 0.29) is 12.3 Å². The van der Waals surface area contributed by atoms with Gasteiger partial charge in [-0.05, 0) is 27.7 Å². The number of nitrogens with two attached hydrogens (primary N) is 1. The summed E-state index contributed by atoms with van der Waals surface area (Å²) in [5, 5.41) is 2.82. The molecular weight excluding hydrogens is 206 g/mol. The Kier molecular flexibility index (Phi) is 3.70. The van der Waals surface area contributed by atoms with Gasteiger partial charge in [0.15, 0.2) is 0 Å². The number of rotatable bonds is 4. The van der Waals surface area contributed by atoms with E-state index in [1.807, 2.05) is 27.7 Å². The molecule has 1 amide bonds. The Balaban J connectivity index is 2.58. The summed E-state index contributed by atoms with van der Waals surface area (Å²) < 4.78 is 5.33. The SMILES string of the molecule is Cc1nc(CC(=O)NC(C)(C)CN)oc1C. The summed E-state index contributed by atoms with van der Waals surface area (Å²) in [7, 11) is 0. The van der Waals surface area contributed by atoms with Crippen molar-refractivity contribution in [3.63, 3.8) is 0 Å². The molecule has 0 fully saturated rings. The van der Waals surface area contributed by atoms with Crippen LogP contribution in [0.5, 0.6) is 0 Å². The number of hydrogen-bond acceptors (Lipinski definition) is 4. The predicted octanol–water partition coefficient (Wildman–Crippen LogP) is 0.687.